The maximum atomic E-state index is 13.4. The molecule has 2 N–H and O–H groups in total. The Balaban J connectivity index is 2.15. The number of alkyl carbamates (subject to hydrolysis) is 1. The van der Waals surface area contributed by atoms with Gasteiger partial charge in [0.2, 0.25) is 11.9 Å². The molecule has 9 nitrogen and oxygen atoms in total. The molecule has 0 aromatic heterocycles. The van der Waals surface area contributed by atoms with Gasteiger partial charge in [-0.3, -0.25) is 10.1 Å². The van der Waals surface area contributed by atoms with Crippen LogP contribution in [0.4, 0.5) is 4.79 Å². The second-order valence-corrected chi connectivity index (χ2v) is 11.7. The minimum atomic E-state index is -0.793. The zero-order valence-corrected chi connectivity index (χ0v) is 23.5. The maximum Gasteiger partial charge on any atom is 0.413 e. The number of aliphatic imine (C=N–C) groups is 1. The smallest absolute Gasteiger partial charge is 0.413 e. The van der Waals surface area contributed by atoms with Gasteiger partial charge in [-0.25, -0.2) is 9.79 Å². The normalized spacial score (nSPS) is 16.0. The molecule has 1 aromatic carbocycles. The molecule has 1 aromatic rings. The Morgan fingerprint density at radius 3 is 2.49 bits per heavy atom. The lowest BCUT2D eigenvalue weighted by atomic mass is 9.88. The van der Waals surface area contributed by atoms with Crippen LogP contribution in [0.1, 0.15) is 46.6 Å². The lowest BCUT2D eigenvalue weighted by Gasteiger charge is -2.31. The van der Waals surface area contributed by atoms with Crippen molar-refractivity contribution in [2.45, 2.75) is 58.9 Å². The number of carbonyl (C=O) groups is 2. The van der Waals surface area contributed by atoms with Gasteiger partial charge in [-0.05, 0) is 23.3 Å². The predicted octanol–water partition coefficient (Wildman–Crippen LogP) is 3.80. The number of morpholine rings is 1. The number of amides is 2. The summed E-state index contributed by atoms with van der Waals surface area (Å²) in [6.45, 7) is 12.3. The fourth-order valence-corrected chi connectivity index (χ4v) is 4.45. The van der Waals surface area contributed by atoms with E-state index in [1.165, 1.54) is 0 Å². The van der Waals surface area contributed by atoms with Gasteiger partial charge in [-0.2, -0.15) is 17.0 Å². The molecule has 1 aliphatic rings. The molecule has 204 valence electrons. The van der Waals surface area contributed by atoms with Crippen molar-refractivity contribution >= 4 is 29.7 Å². The lowest BCUT2D eigenvalue weighted by molar-refractivity contribution is -0.123. The molecule has 10 heteroatoms. The van der Waals surface area contributed by atoms with Crippen molar-refractivity contribution in [2.75, 3.05) is 38.7 Å². The molecular formula is C27H41N5O4S. The van der Waals surface area contributed by atoms with Crippen molar-refractivity contribution in [2.24, 2.45) is 16.3 Å². The summed E-state index contributed by atoms with van der Waals surface area (Å²) >= 11 is 1.59. The zero-order valence-electron chi connectivity index (χ0n) is 22.7. The number of rotatable bonds is 10. The molecule has 0 aliphatic carbocycles. The highest BCUT2D eigenvalue weighted by Gasteiger charge is 2.29. The van der Waals surface area contributed by atoms with Crippen LogP contribution in [0.15, 0.2) is 35.3 Å². The van der Waals surface area contributed by atoms with Gasteiger partial charge in [0.05, 0.1) is 25.9 Å². The quantitative estimate of drug-likeness (QED) is 0.348. The number of benzene rings is 1. The van der Waals surface area contributed by atoms with Crippen LogP contribution >= 0.6 is 11.8 Å². The van der Waals surface area contributed by atoms with Crippen LogP contribution in [0.5, 0.6) is 0 Å². The fourth-order valence-electron chi connectivity index (χ4n) is 3.51. The Hall–Kier alpha value is -2.77. The summed E-state index contributed by atoms with van der Waals surface area (Å²) in [5.41, 5.74) is 0.945. The summed E-state index contributed by atoms with van der Waals surface area (Å²) < 4.78 is 10.7. The Bertz CT molecular complexity index is 921. The van der Waals surface area contributed by atoms with Gasteiger partial charge in [0, 0.05) is 24.6 Å². The van der Waals surface area contributed by atoms with Crippen LogP contribution in [0.25, 0.3) is 0 Å². The van der Waals surface area contributed by atoms with Crippen molar-refractivity contribution in [3.63, 3.8) is 0 Å². The van der Waals surface area contributed by atoms with Crippen LogP contribution in [-0.2, 0) is 20.0 Å². The van der Waals surface area contributed by atoms with E-state index in [-0.39, 0.29) is 29.8 Å². The molecule has 0 bridgehead atoms. The SMILES string of the molecule is CC(C)COC(=O)NC(=NC(CC(C)(C)C)C(=O)NC(C#N)CSCc1ccccc1)N1CCOCC1. The van der Waals surface area contributed by atoms with E-state index in [1.54, 1.807) is 11.8 Å². The van der Waals surface area contributed by atoms with Gasteiger partial charge >= 0.3 is 6.09 Å². The summed E-state index contributed by atoms with van der Waals surface area (Å²) in [6.07, 6.45) is -0.175. The summed E-state index contributed by atoms with van der Waals surface area (Å²) in [5.74, 6) is 1.34. The number of carbonyl (C=O) groups excluding carboxylic acids is 2. The fraction of sp³-hybridized carbons (Fsp3) is 0.630. The van der Waals surface area contributed by atoms with Crippen molar-refractivity contribution in [1.82, 2.24) is 15.5 Å². The van der Waals surface area contributed by atoms with E-state index in [1.807, 2.05) is 69.9 Å². The third-order valence-electron chi connectivity index (χ3n) is 5.33. The Kier molecular flexibility index (Phi) is 12.7. The number of nitriles is 1. The van der Waals surface area contributed by atoms with Gasteiger partial charge in [0.25, 0.3) is 0 Å². The Morgan fingerprint density at radius 1 is 1.22 bits per heavy atom. The number of ether oxygens (including phenoxy) is 2. The number of guanidine groups is 1. The topological polar surface area (TPSA) is 116 Å². The van der Waals surface area contributed by atoms with Crippen LogP contribution in [0.3, 0.4) is 0 Å². The zero-order chi connectivity index (χ0) is 27.3. The minimum Gasteiger partial charge on any atom is -0.449 e. The molecule has 1 saturated heterocycles. The standard InChI is InChI=1S/C27H41N5O4S/c1-20(2)17-36-26(34)31-25(32-11-13-35-14-12-32)30-23(15-27(3,4)5)24(33)29-22(16-28)19-37-18-21-9-7-6-8-10-21/h6-10,20,22-23H,11-15,17-19H2,1-5H3,(H,29,33)(H,30,31,34). The number of hydrogen-bond donors (Lipinski definition) is 2. The Labute approximate surface area is 225 Å². The summed E-state index contributed by atoms with van der Waals surface area (Å²) in [7, 11) is 0. The van der Waals surface area contributed by atoms with Crippen molar-refractivity contribution in [1.29, 1.82) is 5.26 Å². The predicted molar refractivity (Wildman–Crippen MR) is 147 cm³/mol. The largest absolute Gasteiger partial charge is 0.449 e. The lowest BCUT2D eigenvalue weighted by Crippen LogP contribution is -2.51. The highest BCUT2D eigenvalue weighted by atomic mass is 32.2. The number of nitrogens with one attached hydrogen (secondary N) is 2. The van der Waals surface area contributed by atoms with E-state index in [0.717, 1.165) is 11.3 Å². The molecule has 1 heterocycles. The molecule has 2 rings (SSSR count). The Morgan fingerprint density at radius 2 is 1.89 bits per heavy atom. The average molecular weight is 532 g/mol. The van der Waals surface area contributed by atoms with Crippen LogP contribution in [0, 0.1) is 22.7 Å². The van der Waals surface area contributed by atoms with Gasteiger partial charge in [0.15, 0.2) is 0 Å². The van der Waals surface area contributed by atoms with Gasteiger partial charge in [0.1, 0.15) is 12.1 Å². The highest BCUT2D eigenvalue weighted by molar-refractivity contribution is 7.98. The third-order valence-corrected chi connectivity index (χ3v) is 6.43. The molecule has 1 fully saturated rings. The second-order valence-electron chi connectivity index (χ2n) is 10.6. The summed E-state index contributed by atoms with van der Waals surface area (Å²) in [5, 5.41) is 15.3. The molecule has 2 unspecified atom stereocenters. The maximum absolute atomic E-state index is 13.4. The third kappa shape index (κ3) is 12.3. The molecule has 1 aliphatic heterocycles. The molecule has 0 saturated carbocycles. The average Bonchev–Trinajstić information content (AvgIpc) is 2.86. The van der Waals surface area contributed by atoms with Crippen molar-refractivity contribution < 1.29 is 19.1 Å². The van der Waals surface area contributed by atoms with E-state index < -0.39 is 18.2 Å². The molecule has 0 radical (unpaired) electrons. The molecule has 2 atom stereocenters. The van der Waals surface area contributed by atoms with E-state index in [2.05, 4.69) is 16.7 Å². The number of hydrogen-bond acceptors (Lipinski definition) is 7. The van der Waals surface area contributed by atoms with Crippen molar-refractivity contribution in [3.8, 4) is 6.07 Å². The molecule has 2 amide bonds. The van der Waals surface area contributed by atoms with Crippen LogP contribution in [0.2, 0.25) is 0 Å². The summed E-state index contributed by atoms with van der Waals surface area (Å²) in [4.78, 5) is 32.5. The molecular weight excluding hydrogens is 490 g/mol. The first kappa shape index (κ1) is 30.5. The second kappa shape index (κ2) is 15.5. The summed E-state index contributed by atoms with van der Waals surface area (Å²) in [6, 6.07) is 10.7. The van der Waals surface area contributed by atoms with E-state index in [9.17, 15) is 14.9 Å². The monoisotopic (exact) mass is 531 g/mol. The first-order valence-corrected chi connectivity index (χ1v) is 13.9. The minimum absolute atomic E-state index is 0.191. The molecule has 0 spiro atoms. The highest BCUT2D eigenvalue weighted by Crippen LogP contribution is 2.23. The van der Waals surface area contributed by atoms with E-state index in [0.29, 0.717) is 38.5 Å². The number of thioether (sulfide) groups is 1. The first-order valence-electron chi connectivity index (χ1n) is 12.7. The van der Waals surface area contributed by atoms with E-state index >= 15 is 0 Å². The van der Waals surface area contributed by atoms with Gasteiger partial charge in [-0.1, -0.05) is 65.0 Å². The van der Waals surface area contributed by atoms with Crippen LogP contribution in [-0.4, -0.2) is 73.6 Å². The molecule has 37 heavy (non-hydrogen) atoms. The number of nitrogens with zero attached hydrogens (tertiary/aromatic N) is 3. The van der Waals surface area contributed by atoms with Crippen LogP contribution < -0.4 is 10.6 Å². The van der Waals surface area contributed by atoms with E-state index in [4.69, 9.17) is 14.5 Å². The van der Waals surface area contributed by atoms with Crippen molar-refractivity contribution in [3.05, 3.63) is 35.9 Å². The van der Waals surface area contributed by atoms with Gasteiger partial charge in [-0.15, -0.1) is 0 Å². The van der Waals surface area contributed by atoms with Gasteiger partial charge < -0.3 is 19.7 Å². The first-order chi connectivity index (χ1) is 17.6.